The Kier molecular flexibility index (Phi) is 5.54. The fourth-order valence-corrected chi connectivity index (χ4v) is 5.43. The maximum Gasteiger partial charge on any atom is 0.258 e. The fourth-order valence-electron chi connectivity index (χ4n) is 4.42. The molecule has 0 saturated carbocycles. The van der Waals surface area contributed by atoms with Crippen LogP contribution in [-0.2, 0) is 4.79 Å². The van der Waals surface area contributed by atoms with Crippen LogP contribution in [-0.4, -0.2) is 58.9 Å². The summed E-state index contributed by atoms with van der Waals surface area (Å²) in [6, 6.07) is 3.78. The van der Waals surface area contributed by atoms with Crippen molar-refractivity contribution in [1.29, 1.82) is 0 Å². The average molecular weight is 490 g/mol. The smallest absolute Gasteiger partial charge is 0.258 e. The van der Waals surface area contributed by atoms with Gasteiger partial charge in [0, 0.05) is 37.2 Å². The van der Waals surface area contributed by atoms with Crippen molar-refractivity contribution in [3.63, 3.8) is 0 Å². The van der Waals surface area contributed by atoms with Gasteiger partial charge in [-0.2, -0.15) is 0 Å². The first-order valence-electron chi connectivity index (χ1n) is 10.3. The highest BCUT2D eigenvalue weighted by Crippen LogP contribution is 2.43. The molecule has 6 nitrogen and oxygen atoms in total. The van der Waals surface area contributed by atoms with Crippen LogP contribution in [0.4, 0.5) is 8.78 Å². The summed E-state index contributed by atoms with van der Waals surface area (Å²) in [5, 5.41) is 0.00158. The molecule has 1 saturated heterocycles. The van der Waals surface area contributed by atoms with E-state index in [1.165, 1.54) is 29.8 Å². The van der Waals surface area contributed by atoms with Gasteiger partial charge in [-0.05, 0) is 24.3 Å². The van der Waals surface area contributed by atoms with Crippen molar-refractivity contribution >= 4 is 45.0 Å². The van der Waals surface area contributed by atoms with Gasteiger partial charge in [0.25, 0.3) is 5.91 Å². The molecule has 33 heavy (non-hydrogen) atoms. The number of ether oxygens (including phenoxy) is 1. The van der Waals surface area contributed by atoms with Gasteiger partial charge in [0.15, 0.2) is 11.6 Å². The second kappa shape index (κ2) is 8.39. The average Bonchev–Trinajstić information content (AvgIpc) is 3.31. The highest BCUT2D eigenvalue weighted by molar-refractivity contribution is 7.16. The number of benzene rings is 2. The van der Waals surface area contributed by atoms with Crippen molar-refractivity contribution in [3.8, 4) is 16.9 Å². The number of aromatic nitrogens is 1. The monoisotopic (exact) mass is 489 g/mol. The van der Waals surface area contributed by atoms with Crippen molar-refractivity contribution in [1.82, 2.24) is 14.8 Å². The summed E-state index contributed by atoms with van der Waals surface area (Å²) in [5.41, 5.74) is 2.13. The van der Waals surface area contributed by atoms with Crippen LogP contribution < -0.4 is 4.74 Å². The maximum atomic E-state index is 15.8. The number of fused-ring (bicyclic) bond motifs is 3. The van der Waals surface area contributed by atoms with Gasteiger partial charge in [0.2, 0.25) is 5.91 Å². The van der Waals surface area contributed by atoms with E-state index in [9.17, 15) is 14.0 Å². The molecule has 0 N–H and O–H groups in total. The SMILES string of the molecule is C=CC(=O)N1CCN2C(=O)c3cc(Cl)c(-c4ccc(F)c5scnc45)c(F)c3OCC[C@H]2C1. The lowest BCUT2D eigenvalue weighted by Crippen LogP contribution is -2.57. The molecule has 170 valence electrons. The first-order chi connectivity index (χ1) is 15.9. The minimum Gasteiger partial charge on any atom is -0.490 e. The summed E-state index contributed by atoms with van der Waals surface area (Å²) in [5.74, 6) is -2.03. The standard InChI is InChI=1S/C23H18ClF2N3O3S/c1-2-17(30)28-6-7-29-12(10-28)5-8-32-21-14(23(29)31)9-15(24)18(19(21)26)13-3-4-16(25)22-20(13)27-11-33-22/h2-4,9,11-12H,1,5-8,10H2/t12-/m0/s1. The molecule has 5 rings (SSSR count). The van der Waals surface area contributed by atoms with Crippen LogP contribution >= 0.6 is 22.9 Å². The number of carbonyl (C=O) groups excluding carboxylic acids is 2. The second-order valence-corrected chi connectivity index (χ2v) is 9.09. The lowest BCUT2D eigenvalue weighted by molar-refractivity contribution is -0.128. The van der Waals surface area contributed by atoms with Crippen LogP contribution in [0.25, 0.3) is 21.3 Å². The molecule has 3 aromatic rings. The van der Waals surface area contributed by atoms with Crippen LogP contribution in [0.15, 0.2) is 36.4 Å². The number of hydrogen-bond donors (Lipinski definition) is 0. The van der Waals surface area contributed by atoms with Crippen LogP contribution in [0.5, 0.6) is 5.75 Å². The summed E-state index contributed by atoms with van der Waals surface area (Å²) in [4.78, 5) is 32.8. The summed E-state index contributed by atoms with van der Waals surface area (Å²) < 4.78 is 36.0. The molecule has 2 aromatic carbocycles. The first-order valence-corrected chi connectivity index (χ1v) is 11.6. The molecule has 0 unspecified atom stereocenters. The molecule has 2 amide bonds. The highest BCUT2D eigenvalue weighted by atomic mass is 35.5. The predicted molar refractivity (Wildman–Crippen MR) is 122 cm³/mol. The van der Waals surface area contributed by atoms with Gasteiger partial charge in [0.1, 0.15) is 5.82 Å². The predicted octanol–water partition coefficient (Wildman–Crippen LogP) is 4.52. The van der Waals surface area contributed by atoms with E-state index in [0.717, 1.165) is 11.3 Å². The number of halogens is 3. The number of piperazine rings is 1. The molecule has 10 heteroatoms. The van der Waals surface area contributed by atoms with Crippen molar-refractivity contribution in [2.45, 2.75) is 12.5 Å². The Balaban J connectivity index is 1.57. The third kappa shape index (κ3) is 3.55. The lowest BCUT2D eigenvalue weighted by atomic mass is 9.98. The van der Waals surface area contributed by atoms with E-state index in [4.69, 9.17) is 16.3 Å². The Labute approximate surface area is 197 Å². The molecule has 1 atom stereocenters. The Morgan fingerprint density at radius 3 is 2.91 bits per heavy atom. The molecule has 1 fully saturated rings. The maximum absolute atomic E-state index is 15.8. The fraction of sp³-hybridized carbons (Fsp3) is 0.261. The summed E-state index contributed by atoms with van der Waals surface area (Å²) in [7, 11) is 0. The zero-order valence-corrected chi connectivity index (χ0v) is 18.9. The molecular weight excluding hydrogens is 472 g/mol. The van der Waals surface area contributed by atoms with Crippen molar-refractivity contribution in [3.05, 3.63) is 58.6 Å². The quantitative estimate of drug-likeness (QED) is 0.497. The van der Waals surface area contributed by atoms with Gasteiger partial charge in [0.05, 0.1) is 39.0 Å². The Bertz CT molecular complexity index is 1310. The zero-order valence-electron chi connectivity index (χ0n) is 17.3. The number of hydrogen-bond acceptors (Lipinski definition) is 5. The highest BCUT2D eigenvalue weighted by Gasteiger charge is 2.37. The molecule has 0 spiro atoms. The second-order valence-electron chi connectivity index (χ2n) is 7.83. The first kappa shape index (κ1) is 21.8. The molecule has 0 bridgehead atoms. The number of carbonyl (C=O) groups is 2. The molecule has 0 aliphatic carbocycles. The van der Waals surface area contributed by atoms with Crippen LogP contribution in [0.1, 0.15) is 16.8 Å². The summed E-state index contributed by atoms with van der Waals surface area (Å²) in [6.45, 7) is 4.67. The zero-order chi connectivity index (χ0) is 23.3. The summed E-state index contributed by atoms with van der Waals surface area (Å²) >= 11 is 7.59. The topological polar surface area (TPSA) is 62.7 Å². The van der Waals surface area contributed by atoms with E-state index in [1.807, 2.05) is 0 Å². The van der Waals surface area contributed by atoms with Crippen LogP contribution in [0, 0.1) is 11.6 Å². The number of amides is 2. The number of nitrogens with zero attached hydrogens (tertiary/aromatic N) is 3. The van der Waals surface area contributed by atoms with Gasteiger partial charge in [-0.25, -0.2) is 13.8 Å². The molecule has 0 radical (unpaired) electrons. The third-order valence-corrected chi connectivity index (χ3v) is 7.17. The van der Waals surface area contributed by atoms with Crippen LogP contribution in [0.3, 0.4) is 0 Å². The van der Waals surface area contributed by atoms with Gasteiger partial charge in [-0.3, -0.25) is 9.59 Å². The van der Waals surface area contributed by atoms with Crippen molar-refractivity contribution < 1.29 is 23.1 Å². The van der Waals surface area contributed by atoms with E-state index in [1.54, 1.807) is 9.80 Å². The number of rotatable bonds is 2. The number of thiazole rings is 1. The minimum absolute atomic E-state index is 0.00158. The van der Waals surface area contributed by atoms with Crippen molar-refractivity contribution in [2.75, 3.05) is 26.2 Å². The van der Waals surface area contributed by atoms with Gasteiger partial charge >= 0.3 is 0 Å². The van der Waals surface area contributed by atoms with Crippen molar-refractivity contribution in [2.24, 2.45) is 0 Å². The van der Waals surface area contributed by atoms with Gasteiger partial charge in [-0.15, -0.1) is 11.3 Å². The Morgan fingerprint density at radius 1 is 1.30 bits per heavy atom. The van der Waals surface area contributed by atoms with E-state index in [-0.39, 0.29) is 40.5 Å². The third-order valence-electron chi connectivity index (χ3n) is 6.04. The minimum atomic E-state index is -0.786. The van der Waals surface area contributed by atoms with Crippen LogP contribution in [0.2, 0.25) is 5.02 Å². The molecule has 2 aliphatic heterocycles. The Morgan fingerprint density at radius 2 is 2.12 bits per heavy atom. The Hall–Kier alpha value is -3.04. The molecule has 3 heterocycles. The molecular formula is C23H18ClF2N3O3S. The largest absolute Gasteiger partial charge is 0.490 e. The van der Waals surface area contributed by atoms with E-state index in [2.05, 4.69) is 11.6 Å². The normalized spacial score (nSPS) is 18.3. The lowest BCUT2D eigenvalue weighted by Gasteiger charge is -2.42. The van der Waals surface area contributed by atoms with E-state index >= 15 is 4.39 Å². The van der Waals surface area contributed by atoms with E-state index in [0.29, 0.717) is 41.8 Å². The van der Waals surface area contributed by atoms with Gasteiger partial charge in [-0.1, -0.05) is 18.2 Å². The molecule has 1 aromatic heterocycles. The van der Waals surface area contributed by atoms with Gasteiger partial charge < -0.3 is 14.5 Å². The summed E-state index contributed by atoms with van der Waals surface area (Å²) in [6.07, 6.45) is 1.67. The molecule has 2 aliphatic rings. The van der Waals surface area contributed by atoms with E-state index < -0.39 is 17.5 Å².